The number of hydrogen-bond donors (Lipinski definition) is 1. The van der Waals surface area contributed by atoms with Crippen LogP contribution in [0, 0.1) is 3.57 Å². The van der Waals surface area contributed by atoms with Gasteiger partial charge in [0.05, 0.1) is 12.7 Å². The van der Waals surface area contributed by atoms with Crippen LogP contribution in [0.5, 0.6) is 0 Å². The maximum atomic E-state index is 11.6. The highest BCUT2D eigenvalue weighted by Gasteiger charge is 2.51. The van der Waals surface area contributed by atoms with Gasteiger partial charge in [-0.3, -0.25) is 0 Å². The SMILES string of the molecule is O[C@@]1(c2ccc(I)cc2)C[n+]2cccnc2N1Cc1ccccc1. The summed E-state index contributed by atoms with van der Waals surface area (Å²) in [4.78, 5) is 6.48. The topological polar surface area (TPSA) is 40.2 Å². The summed E-state index contributed by atoms with van der Waals surface area (Å²) in [5, 5.41) is 11.6. The van der Waals surface area contributed by atoms with E-state index in [2.05, 4.69) is 39.7 Å². The summed E-state index contributed by atoms with van der Waals surface area (Å²) >= 11 is 2.28. The molecule has 2 aromatic carbocycles. The van der Waals surface area contributed by atoms with E-state index in [0.29, 0.717) is 13.1 Å². The molecule has 0 saturated carbocycles. The summed E-state index contributed by atoms with van der Waals surface area (Å²) in [6, 6.07) is 20.1. The van der Waals surface area contributed by atoms with Crippen LogP contribution in [-0.4, -0.2) is 10.1 Å². The van der Waals surface area contributed by atoms with E-state index in [1.807, 2.05) is 64.2 Å². The van der Waals surface area contributed by atoms with E-state index in [-0.39, 0.29) is 0 Å². The van der Waals surface area contributed by atoms with Crippen molar-refractivity contribution in [3.8, 4) is 0 Å². The van der Waals surface area contributed by atoms with Gasteiger partial charge in [-0.1, -0.05) is 47.4 Å². The van der Waals surface area contributed by atoms with Crippen molar-refractivity contribution in [1.29, 1.82) is 0 Å². The van der Waals surface area contributed by atoms with Crippen LogP contribution < -0.4 is 9.47 Å². The number of halogens is 1. The second-order valence-corrected chi connectivity index (χ2v) is 7.19. The van der Waals surface area contributed by atoms with Gasteiger partial charge in [-0.05, 0) is 40.3 Å². The van der Waals surface area contributed by atoms with Crippen molar-refractivity contribution in [2.75, 3.05) is 4.90 Å². The van der Waals surface area contributed by atoms with Gasteiger partial charge in [0.25, 0.3) is 0 Å². The fourth-order valence-corrected chi connectivity index (χ4v) is 3.52. The molecule has 1 atom stereocenters. The molecule has 5 heteroatoms. The number of hydrogen-bond acceptors (Lipinski definition) is 3. The summed E-state index contributed by atoms with van der Waals surface area (Å²) in [5.74, 6) is 0.780. The predicted molar refractivity (Wildman–Crippen MR) is 100 cm³/mol. The molecule has 0 amide bonds. The first kappa shape index (κ1) is 15.5. The molecule has 0 fully saturated rings. The molecule has 0 unspecified atom stereocenters. The lowest BCUT2D eigenvalue weighted by Gasteiger charge is -2.28. The monoisotopic (exact) mass is 430 g/mol. The number of anilines is 1. The zero-order chi connectivity index (χ0) is 16.6. The average Bonchev–Trinajstić information content (AvgIpc) is 2.90. The fraction of sp³-hybridized carbons (Fsp3) is 0.158. The van der Waals surface area contributed by atoms with Gasteiger partial charge >= 0.3 is 5.95 Å². The van der Waals surface area contributed by atoms with E-state index in [1.54, 1.807) is 6.20 Å². The highest BCUT2D eigenvalue weighted by Crippen LogP contribution is 2.35. The van der Waals surface area contributed by atoms with Crippen LogP contribution in [0.2, 0.25) is 0 Å². The molecule has 2 heterocycles. The van der Waals surface area contributed by atoms with Gasteiger partial charge in [-0.15, -0.1) is 0 Å². The van der Waals surface area contributed by atoms with E-state index in [1.165, 1.54) is 0 Å². The third kappa shape index (κ3) is 2.67. The molecule has 1 aromatic heterocycles. The molecule has 1 N–H and O–H groups in total. The van der Waals surface area contributed by atoms with E-state index >= 15 is 0 Å². The molecule has 0 spiro atoms. The van der Waals surface area contributed by atoms with Crippen molar-refractivity contribution in [2.45, 2.75) is 18.8 Å². The normalized spacial score (nSPS) is 19.3. The van der Waals surface area contributed by atoms with Crippen molar-refractivity contribution in [3.63, 3.8) is 0 Å². The third-order valence-corrected chi connectivity index (χ3v) is 5.09. The fourth-order valence-electron chi connectivity index (χ4n) is 3.16. The Labute approximate surface area is 154 Å². The first-order chi connectivity index (χ1) is 11.7. The van der Waals surface area contributed by atoms with Crippen molar-refractivity contribution < 1.29 is 9.67 Å². The van der Waals surface area contributed by atoms with Gasteiger partial charge in [-0.2, -0.15) is 0 Å². The number of fused-ring (bicyclic) bond motifs is 1. The van der Waals surface area contributed by atoms with Crippen LogP contribution in [0.1, 0.15) is 11.1 Å². The van der Waals surface area contributed by atoms with Gasteiger partial charge in [0.15, 0.2) is 0 Å². The summed E-state index contributed by atoms with van der Waals surface area (Å²) in [5.41, 5.74) is 0.909. The van der Waals surface area contributed by atoms with Crippen LogP contribution in [0.3, 0.4) is 0 Å². The van der Waals surface area contributed by atoms with E-state index < -0.39 is 5.72 Å². The van der Waals surface area contributed by atoms with E-state index in [4.69, 9.17) is 0 Å². The van der Waals surface area contributed by atoms with Crippen LogP contribution in [0.25, 0.3) is 0 Å². The van der Waals surface area contributed by atoms with Crippen LogP contribution in [-0.2, 0) is 18.8 Å². The Morgan fingerprint density at radius 1 is 1.08 bits per heavy atom. The Morgan fingerprint density at radius 3 is 2.58 bits per heavy atom. The van der Waals surface area contributed by atoms with Crippen LogP contribution in [0.15, 0.2) is 73.1 Å². The Hall–Kier alpha value is -1.99. The average molecular weight is 430 g/mol. The molecule has 3 aromatic rings. The number of nitrogens with zero attached hydrogens (tertiary/aromatic N) is 3. The molecular weight excluding hydrogens is 413 g/mol. The minimum atomic E-state index is -1.11. The van der Waals surface area contributed by atoms with E-state index in [0.717, 1.165) is 20.6 Å². The van der Waals surface area contributed by atoms with Crippen LogP contribution >= 0.6 is 22.6 Å². The van der Waals surface area contributed by atoms with Gasteiger partial charge in [0, 0.05) is 15.2 Å². The molecule has 1 aliphatic heterocycles. The van der Waals surface area contributed by atoms with Crippen molar-refractivity contribution in [2.24, 2.45) is 0 Å². The maximum absolute atomic E-state index is 11.6. The molecule has 120 valence electrons. The lowest BCUT2D eigenvalue weighted by atomic mass is 10.0. The molecular formula is C19H17IN3O+. The molecule has 24 heavy (non-hydrogen) atoms. The minimum Gasteiger partial charge on any atom is -0.353 e. The molecule has 0 aliphatic carbocycles. The minimum absolute atomic E-state index is 0.462. The third-order valence-electron chi connectivity index (χ3n) is 4.37. The quantitative estimate of drug-likeness (QED) is 0.514. The van der Waals surface area contributed by atoms with Crippen molar-refractivity contribution >= 4 is 28.5 Å². The van der Waals surface area contributed by atoms with E-state index in [9.17, 15) is 5.11 Å². The largest absolute Gasteiger partial charge is 0.397 e. The smallest absolute Gasteiger partial charge is 0.353 e. The predicted octanol–water partition coefficient (Wildman–Crippen LogP) is 2.84. The Kier molecular flexibility index (Phi) is 3.97. The summed E-state index contributed by atoms with van der Waals surface area (Å²) in [6.07, 6.45) is 3.73. The standard InChI is InChI=1S/C19H17IN3O/c20-17-9-7-16(8-10-17)19(24)14-22-12-4-11-21-18(22)23(19)13-15-5-2-1-3-6-15/h1-12,24H,13-14H2/q+1/t19-/m1/s1. The van der Waals surface area contributed by atoms with Crippen molar-refractivity contribution in [1.82, 2.24) is 4.98 Å². The first-order valence-corrected chi connectivity index (χ1v) is 8.89. The van der Waals surface area contributed by atoms with Gasteiger partial charge in [0.1, 0.15) is 12.7 Å². The maximum Gasteiger partial charge on any atom is 0.397 e. The lowest BCUT2D eigenvalue weighted by molar-refractivity contribution is -0.685. The number of aliphatic hydroxyl groups is 1. The molecule has 4 rings (SSSR count). The number of rotatable bonds is 3. The molecule has 0 radical (unpaired) electrons. The van der Waals surface area contributed by atoms with Crippen molar-refractivity contribution in [3.05, 3.63) is 87.8 Å². The Bertz CT molecular complexity index is 854. The Morgan fingerprint density at radius 2 is 1.83 bits per heavy atom. The summed E-state index contributed by atoms with van der Waals surface area (Å²) < 4.78 is 3.15. The zero-order valence-corrected chi connectivity index (χ0v) is 15.2. The molecule has 1 aliphatic rings. The first-order valence-electron chi connectivity index (χ1n) is 7.81. The second-order valence-electron chi connectivity index (χ2n) is 5.94. The number of benzene rings is 2. The summed E-state index contributed by atoms with van der Waals surface area (Å²) in [6.45, 7) is 1.06. The molecule has 0 bridgehead atoms. The van der Waals surface area contributed by atoms with Gasteiger partial charge in [-0.25, -0.2) is 9.47 Å². The van der Waals surface area contributed by atoms with Gasteiger partial charge in [0.2, 0.25) is 5.72 Å². The van der Waals surface area contributed by atoms with Gasteiger partial charge < -0.3 is 5.11 Å². The summed E-state index contributed by atoms with van der Waals surface area (Å²) in [7, 11) is 0. The highest BCUT2D eigenvalue weighted by atomic mass is 127. The highest BCUT2D eigenvalue weighted by molar-refractivity contribution is 14.1. The van der Waals surface area contributed by atoms with Crippen LogP contribution in [0.4, 0.5) is 5.95 Å². The molecule has 4 nitrogen and oxygen atoms in total. The lowest BCUT2D eigenvalue weighted by Crippen LogP contribution is -2.45. The zero-order valence-electron chi connectivity index (χ0n) is 13.0. The Balaban J connectivity index is 1.79. The second kappa shape index (κ2) is 6.14. The molecule has 0 saturated heterocycles. The number of aromatic nitrogens is 2.